The smallest absolute Gasteiger partial charge is 0.257 e. The van der Waals surface area contributed by atoms with Crippen LogP contribution in [0.4, 0.5) is 5.69 Å². The van der Waals surface area contributed by atoms with E-state index in [-0.39, 0.29) is 17.9 Å². The number of aromatic nitrogens is 2. The first kappa shape index (κ1) is 18.2. The summed E-state index contributed by atoms with van der Waals surface area (Å²) in [7, 11) is 0. The topological polar surface area (TPSA) is 78.1 Å². The van der Waals surface area contributed by atoms with E-state index >= 15 is 0 Å². The van der Waals surface area contributed by atoms with E-state index in [1.165, 1.54) is 6.42 Å². The Labute approximate surface area is 164 Å². The van der Waals surface area contributed by atoms with Crippen LogP contribution in [0.5, 0.6) is 0 Å². The average Bonchev–Trinajstić information content (AvgIpc) is 3.13. The summed E-state index contributed by atoms with van der Waals surface area (Å²) in [5, 5.41) is 3.73. The van der Waals surface area contributed by atoms with Crippen LogP contribution in [0.1, 0.15) is 52.5 Å². The summed E-state index contributed by atoms with van der Waals surface area (Å²) in [6, 6.07) is 9.40. The molecule has 2 aromatic heterocycles. The zero-order valence-electron chi connectivity index (χ0n) is 16.2. The van der Waals surface area contributed by atoms with Crippen molar-refractivity contribution in [2.24, 2.45) is 0 Å². The number of carbonyl (C=O) groups excluding carboxylic acids is 2. The third-order valence-corrected chi connectivity index (χ3v) is 5.48. The molecule has 0 aliphatic carbocycles. The lowest BCUT2D eigenvalue weighted by molar-refractivity contribution is 0.0635. The molecule has 1 aliphatic heterocycles. The van der Waals surface area contributed by atoms with E-state index in [2.05, 4.69) is 22.2 Å². The fourth-order valence-electron chi connectivity index (χ4n) is 3.84. The van der Waals surface area contributed by atoms with Crippen LogP contribution in [0.2, 0.25) is 0 Å². The number of piperidine rings is 1. The number of amides is 2. The van der Waals surface area contributed by atoms with Gasteiger partial charge in [0.05, 0.1) is 5.56 Å². The standard InChI is InChI=1S/C22H24N4O2/c1-14-12-16(22(28)26-11-4-3-6-15(26)2)8-9-19(14)25-21(27)18-13-24-20-17(18)7-5-10-23-20/h5,7-10,12-13,15H,3-4,6,11H2,1-2H3,(H,23,24)(H,25,27). The van der Waals surface area contributed by atoms with E-state index in [0.717, 1.165) is 30.3 Å². The first-order valence-corrected chi connectivity index (χ1v) is 9.69. The van der Waals surface area contributed by atoms with Crippen LogP contribution in [0.25, 0.3) is 11.0 Å². The number of carbonyl (C=O) groups is 2. The molecule has 1 aromatic carbocycles. The first-order valence-electron chi connectivity index (χ1n) is 9.69. The Kier molecular flexibility index (Phi) is 4.86. The fraction of sp³-hybridized carbons (Fsp3) is 0.318. The maximum atomic E-state index is 12.9. The predicted octanol–water partition coefficient (Wildman–Crippen LogP) is 4.14. The number of hydrogen-bond acceptors (Lipinski definition) is 3. The zero-order chi connectivity index (χ0) is 19.7. The molecule has 3 heterocycles. The maximum Gasteiger partial charge on any atom is 0.257 e. The van der Waals surface area contributed by atoms with Gasteiger partial charge in [-0.1, -0.05) is 0 Å². The number of likely N-dealkylation sites (tertiary alicyclic amines) is 1. The van der Waals surface area contributed by atoms with Crippen LogP contribution in [-0.2, 0) is 0 Å². The Morgan fingerprint density at radius 3 is 2.89 bits per heavy atom. The number of aryl methyl sites for hydroxylation is 1. The van der Waals surface area contributed by atoms with Gasteiger partial charge in [0.25, 0.3) is 11.8 Å². The summed E-state index contributed by atoms with van der Waals surface area (Å²) < 4.78 is 0. The second-order valence-corrected chi connectivity index (χ2v) is 7.43. The Bertz CT molecular complexity index is 1040. The van der Waals surface area contributed by atoms with Crippen molar-refractivity contribution in [3.05, 3.63) is 59.4 Å². The molecule has 3 aromatic rings. The number of anilines is 1. The third-order valence-electron chi connectivity index (χ3n) is 5.48. The molecular weight excluding hydrogens is 352 g/mol. The third kappa shape index (κ3) is 3.38. The minimum absolute atomic E-state index is 0.0656. The summed E-state index contributed by atoms with van der Waals surface area (Å²) >= 11 is 0. The maximum absolute atomic E-state index is 12.9. The highest BCUT2D eigenvalue weighted by molar-refractivity contribution is 6.12. The van der Waals surface area contributed by atoms with Crippen molar-refractivity contribution in [3.63, 3.8) is 0 Å². The molecule has 6 heteroatoms. The summed E-state index contributed by atoms with van der Waals surface area (Å²) in [6.07, 6.45) is 6.64. The van der Waals surface area contributed by atoms with E-state index < -0.39 is 0 Å². The van der Waals surface area contributed by atoms with Gasteiger partial charge in [-0.2, -0.15) is 0 Å². The van der Waals surface area contributed by atoms with Crippen LogP contribution < -0.4 is 5.32 Å². The van der Waals surface area contributed by atoms with E-state index in [1.807, 2.05) is 30.0 Å². The van der Waals surface area contributed by atoms with Crippen molar-refractivity contribution in [2.75, 3.05) is 11.9 Å². The van der Waals surface area contributed by atoms with Crippen LogP contribution in [0.15, 0.2) is 42.7 Å². The number of aromatic amines is 1. The van der Waals surface area contributed by atoms with E-state index in [9.17, 15) is 9.59 Å². The molecule has 28 heavy (non-hydrogen) atoms. The number of nitrogens with zero attached hydrogens (tertiary/aromatic N) is 2. The molecule has 1 unspecified atom stereocenters. The van der Waals surface area contributed by atoms with Gasteiger partial charge in [0, 0.05) is 41.6 Å². The molecule has 144 valence electrons. The summed E-state index contributed by atoms with van der Waals surface area (Å²) in [6.45, 7) is 4.82. The van der Waals surface area contributed by atoms with Crippen molar-refractivity contribution in [1.29, 1.82) is 0 Å². The molecule has 1 saturated heterocycles. The highest BCUT2D eigenvalue weighted by Crippen LogP contribution is 2.23. The molecule has 2 N–H and O–H groups in total. The van der Waals surface area contributed by atoms with Crippen LogP contribution in [0.3, 0.4) is 0 Å². The second-order valence-electron chi connectivity index (χ2n) is 7.43. The lowest BCUT2D eigenvalue weighted by atomic mass is 10.0. The number of pyridine rings is 1. The molecule has 0 bridgehead atoms. The van der Waals surface area contributed by atoms with E-state index in [1.54, 1.807) is 24.5 Å². The first-order chi connectivity index (χ1) is 13.5. The second kappa shape index (κ2) is 7.46. The van der Waals surface area contributed by atoms with Crippen LogP contribution in [-0.4, -0.2) is 39.3 Å². The molecule has 1 fully saturated rings. The van der Waals surface area contributed by atoms with Crippen molar-refractivity contribution in [3.8, 4) is 0 Å². The Balaban J connectivity index is 1.53. The van der Waals surface area contributed by atoms with Gasteiger partial charge in [-0.25, -0.2) is 4.98 Å². The molecule has 6 nitrogen and oxygen atoms in total. The predicted molar refractivity (Wildman–Crippen MR) is 110 cm³/mol. The van der Waals surface area contributed by atoms with Crippen LogP contribution in [0, 0.1) is 6.92 Å². The summed E-state index contributed by atoms with van der Waals surface area (Å²) in [5.74, 6) is -0.137. The molecule has 4 rings (SSSR count). The normalized spacial score (nSPS) is 16.9. The average molecular weight is 376 g/mol. The van der Waals surface area contributed by atoms with Crippen molar-refractivity contribution >= 4 is 28.5 Å². The minimum atomic E-state index is -0.203. The van der Waals surface area contributed by atoms with Crippen LogP contribution >= 0.6 is 0 Å². The van der Waals surface area contributed by atoms with Gasteiger partial charge in [-0.3, -0.25) is 9.59 Å². The Morgan fingerprint density at radius 1 is 1.25 bits per heavy atom. The largest absolute Gasteiger partial charge is 0.345 e. The van der Waals surface area contributed by atoms with Gasteiger partial charge in [-0.15, -0.1) is 0 Å². The van der Waals surface area contributed by atoms with Crippen molar-refractivity contribution in [1.82, 2.24) is 14.9 Å². The van der Waals surface area contributed by atoms with Gasteiger partial charge in [0.15, 0.2) is 0 Å². The number of H-pyrrole nitrogens is 1. The van der Waals surface area contributed by atoms with Crippen molar-refractivity contribution < 1.29 is 9.59 Å². The van der Waals surface area contributed by atoms with E-state index in [0.29, 0.717) is 22.5 Å². The highest BCUT2D eigenvalue weighted by Gasteiger charge is 2.24. The molecule has 0 saturated carbocycles. The molecular formula is C22H24N4O2. The molecule has 0 radical (unpaired) electrons. The highest BCUT2D eigenvalue weighted by atomic mass is 16.2. The molecule has 1 atom stereocenters. The lowest BCUT2D eigenvalue weighted by Crippen LogP contribution is -2.42. The number of hydrogen-bond donors (Lipinski definition) is 2. The Hall–Kier alpha value is -3.15. The molecule has 0 spiro atoms. The Morgan fingerprint density at radius 2 is 2.11 bits per heavy atom. The number of benzene rings is 1. The van der Waals surface area contributed by atoms with Gasteiger partial charge in [0.1, 0.15) is 5.65 Å². The summed E-state index contributed by atoms with van der Waals surface area (Å²) in [5.41, 5.74) is 3.46. The van der Waals surface area contributed by atoms with Crippen molar-refractivity contribution in [2.45, 2.75) is 39.2 Å². The molecule has 1 aliphatic rings. The van der Waals surface area contributed by atoms with E-state index in [4.69, 9.17) is 0 Å². The monoisotopic (exact) mass is 376 g/mol. The number of rotatable bonds is 3. The fourth-order valence-corrected chi connectivity index (χ4v) is 3.84. The number of nitrogens with one attached hydrogen (secondary N) is 2. The van der Waals surface area contributed by atoms with Gasteiger partial charge in [-0.05, 0) is 69.0 Å². The SMILES string of the molecule is Cc1cc(C(=O)N2CCCCC2C)ccc1NC(=O)c1c[nH]c2ncccc12. The van der Waals surface area contributed by atoms with Gasteiger partial charge >= 0.3 is 0 Å². The lowest BCUT2D eigenvalue weighted by Gasteiger charge is -2.33. The summed E-state index contributed by atoms with van der Waals surface area (Å²) in [4.78, 5) is 34.8. The number of fused-ring (bicyclic) bond motifs is 1. The quantitative estimate of drug-likeness (QED) is 0.721. The minimum Gasteiger partial charge on any atom is -0.345 e. The van der Waals surface area contributed by atoms with Gasteiger partial charge in [0.2, 0.25) is 0 Å². The van der Waals surface area contributed by atoms with Gasteiger partial charge < -0.3 is 15.2 Å². The molecule has 2 amide bonds. The zero-order valence-corrected chi connectivity index (χ0v) is 16.2.